The summed E-state index contributed by atoms with van der Waals surface area (Å²) in [7, 11) is 2.94. The second kappa shape index (κ2) is 6.32. The van der Waals surface area contributed by atoms with Crippen LogP contribution in [0.2, 0.25) is 0 Å². The SMILES string of the molecule is COc1cnc(C(=O)CCSC)c(OC)n1. The minimum Gasteiger partial charge on any atom is -0.480 e. The van der Waals surface area contributed by atoms with Crippen LogP contribution in [0.5, 0.6) is 11.8 Å². The third kappa shape index (κ3) is 3.10. The lowest BCUT2D eigenvalue weighted by Gasteiger charge is -2.06. The van der Waals surface area contributed by atoms with Gasteiger partial charge < -0.3 is 9.47 Å². The van der Waals surface area contributed by atoms with Gasteiger partial charge in [0.2, 0.25) is 11.8 Å². The molecule has 88 valence electrons. The summed E-state index contributed by atoms with van der Waals surface area (Å²) in [5.41, 5.74) is 0.261. The number of hydrogen-bond acceptors (Lipinski definition) is 6. The third-order valence-electron chi connectivity index (χ3n) is 1.92. The average molecular weight is 242 g/mol. The molecule has 0 bridgehead atoms. The second-order valence-corrected chi connectivity index (χ2v) is 3.92. The highest BCUT2D eigenvalue weighted by molar-refractivity contribution is 7.98. The van der Waals surface area contributed by atoms with Gasteiger partial charge in [0.05, 0.1) is 20.4 Å². The fourth-order valence-electron chi connectivity index (χ4n) is 1.10. The fraction of sp³-hybridized carbons (Fsp3) is 0.500. The van der Waals surface area contributed by atoms with Crippen molar-refractivity contribution in [2.24, 2.45) is 0 Å². The molecule has 5 nitrogen and oxygen atoms in total. The van der Waals surface area contributed by atoms with Crippen molar-refractivity contribution < 1.29 is 14.3 Å². The lowest BCUT2D eigenvalue weighted by molar-refractivity contribution is 0.0980. The molecule has 0 radical (unpaired) electrons. The Bertz CT molecular complexity index is 371. The van der Waals surface area contributed by atoms with E-state index in [0.29, 0.717) is 12.3 Å². The highest BCUT2D eigenvalue weighted by Gasteiger charge is 2.16. The molecule has 1 heterocycles. The van der Waals surface area contributed by atoms with Gasteiger partial charge in [0.25, 0.3) is 0 Å². The zero-order valence-electron chi connectivity index (χ0n) is 9.52. The Morgan fingerprint density at radius 3 is 2.75 bits per heavy atom. The van der Waals surface area contributed by atoms with Crippen molar-refractivity contribution >= 4 is 17.5 Å². The van der Waals surface area contributed by atoms with Gasteiger partial charge in [0.1, 0.15) is 0 Å². The van der Waals surface area contributed by atoms with Crippen LogP contribution in [0.3, 0.4) is 0 Å². The van der Waals surface area contributed by atoms with E-state index in [1.54, 1.807) is 11.8 Å². The zero-order valence-corrected chi connectivity index (χ0v) is 10.3. The first-order valence-electron chi connectivity index (χ1n) is 4.70. The van der Waals surface area contributed by atoms with Gasteiger partial charge in [0.15, 0.2) is 11.5 Å². The van der Waals surface area contributed by atoms with E-state index < -0.39 is 0 Å². The molecular weight excluding hydrogens is 228 g/mol. The highest BCUT2D eigenvalue weighted by Crippen LogP contribution is 2.18. The van der Waals surface area contributed by atoms with Gasteiger partial charge in [-0.25, -0.2) is 4.98 Å². The number of rotatable bonds is 6. The van der Waals surface area contributed by atoms with Crippen molar-refractivity contribution in [3.63, 3.8) is 0 Å². The molecule has 0 amide bonds. The molecule has 0 aliphatic heterocycles. The molecule has 1 aromatic rings. The summed E-state index contributed by atoms with van der Waals surface area (Å²) in [6.07, 6.45) is 3.79. The van der Waals surface area contributed by atoms with Crippen LogP contribution in [0.25, 0.3) is 0 Å². The van der Waals surface area contributed by atoms with Crippen LogP contribution in [0.15, 0.2) is 6.20 Å². The number of carbonyl (C=O) groups excluding carboxylic acids is 1. The van der Waals surface area contributed by atoms with Gasteiger partial charge in [-0.2, -0.15) is 16.7 Å². The topological polar surface area (TPSA) is 61.3 Å². The van der Waals surface area contributed by atoms with E-state index in [-0.39, 0.29) is 17.4 Å². The molecule has 1 aromatic heterocycles. The normalized spacial score (nSPS) is 9.94. The van der Waals surface area contributed by atoms with Crippen LogP contribution in [0.1, 0.15) is 16.9 Å². The van der Waals surface area contributed by atoms with Gasteiger partial charge in [-0.05, 0) is 6.26 Å². The van der Waals surface area contributed by atoms with Crippen molar-refractivity contribution in [3.05, 3.63) is 11.9 Å². The van der Waals surface area contributed by atoms with Crippen molar-refractivity contribution in [2.75, 3.05) is 26.2 Å². The van der Waals surface area contributed by atoms with Crippen molar-refractivity contribution in [1.82, 2.24) is 9.97 Å². The number of carbonyl (C=O) groups is 1. The Hall–Kier alpha value is -1.30. The maximum Gasteiger partial charge on any atom is 0.246 e. The number of nitrogens with zero attached hydrogens (tertiary/aromatic N) is 2. The largest absolute Gasteiger partial charge is 0.480 e. The lowest BCUT2D eigenvalue weighted by atomic mass is 10.2. The first kappa shape index (κ1) is 12.8. The molecule has 0 unspecified atom stereocenters. The molecule has 16 heavy (non-hydrogen) atoms. The Balaban J connectivity index is 2.90. The Morgan fingerprint density at radius 1 is 1.44 bits per heavy atom. The molecule has 0 aliphatic rings. The predicted molar refractivity (Wildman–Crippen MR) is 62.5 cm³/mol. The molecule has 0 atom stereocenters. The summed E-state index contributed by atoms with van der Waals surface area (Å²) in [4.78, 5) is 19.8. The van der Waals surface area contributed by atoms with Gasteiger partial charge >= 0.3 is 0 Å². The quantitative estimate of drug-likeness (QED) is 0.703. The van der Waals surface area contributed by atoms with Crippen molar-refractivity contribution in [1.29, 1.82) is 0 Å². The maximum atomic E-state index is 11.7. The van der Waals surface area contributed by atoms with Crippen LogP contribution in [0, 0.1) is 0 Å². The molecule has 6 heteroatoms. The van der Waals surface area contributed by atoms with Crippen LogP contribution in [-0.4, -0.2) is 42.0 Å². The smallest absolute Gasteiger partial charge is 0.246 e. The second-order valence-electron chi connectivity index (χ2n) is 2.94. The summed E-state index contributed by atoms with van der Waals surface area (Å²) < 4.78 is 9.91. The van der Waals surface area contributed by atoms with E-state index in [9.17, 15) is 4.79 Å². The average Bonchev–Trinajstić information content (AvgIpc) is 2.34. The van der Waals surface area contributed by atoms with Gasteiger partial charge in [-0.3, -0.25) is 4.79 Å². The maximum absolute atomic E-state index is 11.7. The summed E-state index contributed by atoms with van der Waals surface area (Å²) in [6.45, 7) is 0. The molecule has 1 rings (SSSR count). The van der Waals surface area contributed by atoms with E-state index in [1.165, 1.54) is 20.4 Å². The first-order valence-corrected chi connectivity index (χ1v) is 6.09. The van der Waals surface area contributed by atoms with Crippen LogP contribution < -0.4 is 9.47 Å². The van der Waals surface area contributed by atoms with Gasteiger partial charge in [-0.1, -0.05) is 0 Å². The van der Waals surface area contributed by atoms with E-state index in [4.69, 9.17) is 9.47 Å². The minimum absolute atomic E-state index is 0.0682. The monoisotopic (exact) mass is 242 g/mol. The van der Waals surface area contributed by atoms with Crippen LogP contribution in [-0.2, 0) is 0 Å². The predicted octanol–water partition coefficient (Wildman–Crippen LogP) is 1.43. The Morgan fingerprint density at radius 2 is 2.19 bits per heavy atom. The first-order chi connectivity index (χ1) is 7.72. The van der Waals surface area contributed by atoms with E-state index in [0.717, 1.165) is 5.75 Å². The van der Waals surface area contributed by atoms with Crippen LogP contribution >= 0.6 is 11.8 Å². The number of Topliss-reactive ketones (excluding diaryl/α,β-unsaturated/α-hetero) is 1. The molecule has 0 aliphatic carbocycles. The lowest BCUT2D eigenvalue weighted by Crippen LogP contribution is -2.08. The number of aromatic nitrogens is 2. The summed E-state index contributed by atoms with van der Waals surface area (Å²) in [6, 6.07) is 0. The third-order valence-corrected chi connectivity index (χ3v) is 2.53. The summed E-state index contributed by atoms with van der Waals surface area (Å²) in [5, 5.41) is 0. The molecule has 0 fully saturated rings. The van der Waals surface area contributed by atoms with E-state index in [1.807, 2.05) is 6.26 Å². The number of ether oxygens (including phenoxy) is 2. The number of ketones is 1. The zero-order chi connectivity index (χ0) is 12.0. The van der Waals surface area contributed by atoms with Gasteiger partial charge in [0, 0.05) is 12.2 Å². The van der Waals surface area contributed by atoms with Crippen LogP contribution in [0.4, 0.5) is 0 Å². The molecule has 0 aromatic carbocycles. The Labute approximate surface area is 98.6 Å². The molecule has 0 spiro atoms. The fourth-order valence-corrected chi connectivity index (χ4v) is 1.49. The minimum atomic E-state index is -0.0682. The highest BCUT2D eigenvalue weighted by atomic mass is 32.2. The summed E-state index contributed by atoms with van der Waals surface area (Å²) in [5.74, 6) is 1.24. The van der Waals surface area contributed by atoms with Crippen molar-refractivity contribution in [3.8, 4) is 11.8 Å². The number of thioether (sulfide) groups is 1. The Kier molecular flexibility index (Phi) is 5.04. The summed E-state index contributed by atoms with van der Waals surface area (Å²) >= 11 is 1.61. The van der Waals surface area contributed by atoms with E-state index >= 15 is 0 Å². The molecule has 0 saturated heterocycles. The van der Waals surface area contributed by atoms with E-state index in [2.05, 4.69) is 9.97 Å². The number of hydrogen-bond donors (Lipinski definition) is 0. The molecular formula is C10H14N2O3S. The number of methoxy groups -OCH3 is 2. The van der Waals surface area contributed by atoms with Crippen molar-refractivity contribution in [2.45, 2.75) is 6.42 Å². The molecule has 0 N–H and O–H groups in total. The molecule has 0 saturated carbocycles. The standard InChI is InChI=1S/C10H14N2O3S/c1-14-8-6-11-9(10(12-8)15-2)7(13)4-5-16-3/h6H,4-5H2,1-3H3. The van der Waals surface area contributed by atoms with Gasteiger partial charge in [-0.15, -0.1) is 0 Å².